The first-order valence-corrected chi connectivity index (χ1v) is 10.4. The van der Waals surface area contributed by atoms with Crippen molar-refractivity contribution >= 4 is 17.6 Å². The van der Waals surface area contributed by atoms with E-state index < -0.39 is 0 Å². The first-order valence-electron chi connectivity index (χ1n) is 10.4. The molecule has 0 unspecified atom stereocenters. The van der Waals surface area contributed by atoms with Crippen LogP contribution in [0.5, 0.6) is 5.75 Å². The van der Waals surface area contributed by atoms with Gasteiger partial charge in [0.2, 0.25) is 5.91 Å². The number of aromatic nitrogens is 1. The molecule has 1 saturated heterocycles. The minimum atomic E-state index is -0.0843. The minimum absolute atomic E-state index is 0.0409. The second-order valence-corrected chi connectivity index (χ2v) is 7.61. The first-order chi connectivity index (χ1) is 14.6. The quantitative estimate of drug-likeness (QED) is 0.812. The zero-order valence-corrected chi connectivity index (χ0v) is 17.1. The van der Waals surface area contributed by atoms with Crippen LogP contribution < -0.4 is 15.4 Å². The van der Waals surface area contributed by atoms with Crippen molar-refractivity contribution in [3.63, 3.8) is 0 Å². The first kappa shape index (κ1) is 20.2. The van der Waals surface area contributed by atoms with Crippen LogP contribution in [0.2, 0.25) is 0 Å². The molecule has 3 heterocycles. The van der Waals surface area contributed by atoms with Gasteiger partial charge in [-0.15, -0.1) is 0 Å². The van der Waals surface area contributed by atoms with E-state index in [1.165, 1.54) is 0 Å². The van der Waals surface area contributed by atoms with Crippen LogP contribution >= 0.6 is 0 Å². The van der Waals surface area contributed by atoms with Crippen molar-refractivity contribution < 1.29 is 14.3 Å². The molecule has 2 aliphatic rings. The molecule has 8 heteroatoms. The maximum Gasteiger partial charge on any atom is 0.317 e. The van der Waals surface area contributed by atoms with E-state index >= 15 is 0 Å². The molecule has 158 valence electrons. The Hall–Kier alpha value is -3.13. The monoisotopic (exact) mass is 409 g/mol. The lowest BCUT2D eigenvalue weighted by atomic mass is 10.1. The standard InChI is InChI=1S/C22H27N5O3/c1-2-7-24-22(29)27-10-9-26-14-21(28)25-19-11-16(17-4-3-8-23-12-17)5-6-20(19)30-15-18(26)13-27/h3-6,8,11-12,18H,2,7,9-10,13-15H2,1H3,(H,24,29)(H,25,28)/t18-/m0/s1. The number of piperazine rings is 1. The molecule has 30 heavy (non-hydrogen) atoms. The number of fused-ring (bicyclic) bond motifs is 2. The Morgan fingerprint density at radius 1 is 1.30 bits per heavy atom. The van der Waals surface area contributed by atoms with Crippen molar-refractivity contribution in [3.8, 4) is 16.9 Å². The molecule has 1 atom stereocenters. The van der Waals surface area contributed by atoms with Crippen LogP contribution in [0.15, 0.2) is 42.7 Å². The van der Waals surface area contributed by atoms with Gasteiger partial charge in [0, 0.05) is 44.1 Å². The van der Waals surface area contributed by atoms with E-state index in [4.69, 9.17) is 4.74 Å². The average molecular weight is 409 g/mol. The molecule has 0 saturated carbocycles. The summed E-state index contributed by atoms with van der Waals surface area (Å²) in [4.78, 5) is 33.1. The fourth-order valence-electron chi connectivity index (χ4n) is 3.81. The fourth-order valence-corrected chi connectivity index (χ4v) is 3.81. The van der Waals surface area contributed by atoms with Gasteiger partial charge in [0.25, 0.3) is 0 Å². The van der Waals surface area contributed by atoms with E-state index in [1.54, 1.807) is 12.4 Å². The van der Waals surface area contributed by atoms with Crippen LogP contribution in [0.1, 0.15) is 13.3 Å². The molecular weight excluding hydrogens is 382 g/mol. The van der Waals surface area contributed by atoms with Gasteiger partial charge in [-0.2, -0.15) is 0 Å². The molecule has 1 aromatic carbocycles. The third-order valence-corrected chi connectivity index (χ3v) is 5.44. The van der Waals surface area contributed by atoms with Crippen molar-refractivity contribution in [3.05, 3.63) is 42.7 Å². The van der Waals surface area contributed by atoms with Gasteiger partial charge < -0.3 is 20.3 Å². The van der Waals surface area contributed by atoms with E-state index in [9.17, 15) is 9.59 Å². The minimum Gasteiger partial charge on any atom is -0.490 e. The summed E-state index contributed by atoms with van der Waals surface area (Å²) in [5, 5.41) is 5.92. The molecule has 0 radical (unpaired) electrons. The van der Waals surface area contributed by atoms with Gasteiger partial charge in [0.15, 0.2) is 0 Å². The lowest BCUT2D eigenvalue weighted by Crippen LogP contribution is -2.59. The third kappa shape index (κ3) is 4.54. The summed E-state index contributed by atoms with van der Waals surface area (Å²) >= 11 is 0. The number of carbonyl (C=O) groups excluding carboxylic acids is 2. The summed E-state index contributed by atoms with van der Waals surface area (Å²) in [5.74, 6) is 0.546. The number of urea groups is 1. The summed E-state index contributed by atoms with van der Waals surface area (Å²) in [6.07, 6.45) is 4.42. The van der Waals surface area contributed by atoms with Gasteiger partial charge >= 0.3 is 6.03 Å². The smallest absolute Gasteiger partial charge is 0.317 e. The summed E-state index contributed by atoms with van der Waals surface area (Å²) in [7, 11) is 0. The van der Waals surface area contributed by atoms with Gasteiger partial charge in [-0.25, -0.2) is 4.79 Å². The van der Waals surface area contributed by atoms with Crippen LogP contribution in [0.25, 0.3) is 11.1 Å². The number of anilines is 1. The summed E-state index contributed by atoms with van der Waals surface area (Å²) in [6.45, 7) is 5.14. The molecule has 2 aromatic rings. The highest BCUT2D eigenvalue weighted by molar-refractivity contribution is 5.94. The Bertz CT molecular complexity index is 905. The lowest BCUT2D eigenvalue weighted by molar-refractivity contribution is -0.118. The molecule has 8 nitrogen and oxygen atoms in total. The molecule has 4 rings (SSSR count). The number of amides is 3. The van der Waals surface area contributed by atoms with Gasteiger partial charge in [0.1, 0.15) is 12.4 Å². The van der Waals surface area contributed by atoms with Gasteiger partial charge in [-0.3, -0.25) is 14.7 Å². The van der Waals surface area contributed by atoms with Crippen LogP contribution in [0, 0.1) is 0 Å². The molecule has 0 bridgehead atoms. The fraction of sp³-hybridized carbons (Fsp3) is 0.409. The Morgan fingerprint density at radius 2 is 2.20 bits per heavy atom. The average Bonchev–Trinajstić information content (AvgIpc) is 2.84. The Kier molecular flexibility index (Phi) is 6.13. The summed E-state index contributed by atoms with van der Waals surface area (Å²) in [5.41, 5.74) is 2.58. The maximum absolute atomic E-state index is 12.7. The Labute approximate surface area is 176 Å². The Balaban J connectivity index is 1.52. The zero-order valence-electron chi connectivity index (χ0n) is 17.1. The Morgan fingerprint density at radius 3 is 3.00 bits per heavy atom. The molecule has 1 fully saturated rings. The van der Waals surface area contributed by atoms with Crippen molar-refractivity contribution in [1.82, 2.24) is 20.1 Å². The SMILES string of the molecule is CCCNC(=O)N1CCN2CC(=O)Nc3cc(-c4cccnc4)ccc3OC[C@@H]2C1. The normalized spacial score (nSPS) is 19.3. The highest BCUT2D eigenvalue weighted by Gasteiger charge is 2.32. The highest BCUT2D eigenvalue weighted by atomic mass is 16.5. The second kappa shape index (κ2) is 9.13. The van der Waals surface area contributed by atoms with E-state index in [0.717, 1.165) is 17.5 Å². The molecule has 0 spiro atoms. The number of carbonyl (C=O) groups is 2. The molecular formula is C22H27N5O3. The van der Waals surface area contributed by atoms with Crippen molar-refractivity contribution in [1.29, 1.82) is 0 Å². The number of hydrogen-bond acceptors (Lipinski definition) is 5. The summed E-state index contributed by atoms with van der Waals surface area (Å²) in [6, 6.07) is 9.52. The number of hydrogen-bond donors (Lipinski definition) is 2. The van der Waals surface area contributed by atoms with Crippen molar-refractivity contribution in [2.24, 2.45) is 0 Å². The van der Waals surface area contributed by atoms with Crippen molar-refractivity contribution in [2.75, 3.05) is 44.6 Å². The van der Waals surface area contributed by atoms with Gasteiger partial charge in [-0.05, 0) is 30.2 Å². The molecule has 1 aromatic heterocycles. The van der Waals surface area contributed by atoms with Gasteiger partial charge in [-0.1, -0.05) is 19.1 Å². The van der Waals surface area contributed by atoms with Crippen LogP contribution in [-0.2, 0) is 4.79 Å². The number of ether oxygens (including phenoxy) is 1. The zero-order chi connectivity index (χ0) is 20.9. The maximum atomic E-state index is 12.7. The van der Waals surface area contributed by atoms with Gasteiger partial charge in [0.05, 0.1) is 18.3 Å². The van der Waals surface area contributed by atoms with Crippen LogP contribution in [-0.4, -0.2) is 72.1 Å². The summed E-state index contributed by atoms with van der Waals surface area (Å²) < 4.78 is 6.10. The highest BCUT2D eigenvalue weighted by Crippen LogP contribution is 2.31. The predicted octanol–water partition coefficient (Wildman–Crippen LogP) is 2.19. The second-order valence-electron chi connectivity index (χ2n) is 7.61. The third-order valence-electron chi connectivity index (χ3n) is 5.44. The predicted molar refractivity (Wildman–Crippen MR) is 114 cm³/mol. The number of pyridine rings is 1. The molecule has 3 amide bonds. The number of nitrogens with zero attached hydrogens (tertiary/aromatic N) is 3. The molecule has 0 aliphatic carbocycles. The van der Waals surface area contributed by atoms with Crippen LogP contribution in [0.4, 0.5) is 10.5 Å². The number of nitrogens with one attached hydrogen (secondary N) is 2. The number of rotatable bonds is 3. The van der Waals surface area contributed by atoms with E-state index in [0.29, 0.717) is 44.2 Å². The van der Waals surface area contributed by atoms with E-state index in [-0.39, 0.29) is 24.5 Å². The van der Waals surface area contributed by atoms with E-state index in [1.807, 2.05) is 42.2 Å². The van der Waals surface area contributed by atoms with E-state index in [2.05, 4.69) is 20.5 Å². The molecule has 2 aliphatic heterocycles. The van der Waals surface area contributed by atoms with Crippen LogP contribution in [0.3, 0.4) is 0 Å². The largest absolute Gasteiger partial charge is 0.490 e. The number of benzene rings is 1. The topological polar surface area (TPSA) is 86.8 Å². The lowest BCUT2D eigenvalue weighted by Gasteiger charge is -2.40. The molecule has 2 N–H and O–H groups in total. The van der Waals surface area contributed by atoms with Crippen molar-refractivity contribution in [2.45, 2.75) is 19.4 Å².